The summed E-state index contributed by atoms with van der Waals surface area (Å²) in [6.07, 6.45) is 0. The number of hydrogen-bond donors (Lipinski definition) is 0. The first kappa shape index (κ1) is 18.0. The Morgan fingerprint density at radius 2 is 2.00 bits per heavy atom. The van der Waals surface area contributed by atoms with Gasteiger partial charge in [0, 0.05) is 5.75 Å². The summed E-state index contributed by atoms with van der Waals surface area (Å²) in [6, 6.07) is 15.0. The Kier molecular flexibility index (Phi) is 5.91. The zero-order valence-electron chi connectivity index (χ0n) is 14.5. The smallest absolute Gasteiger partial charge is 0.337 e. The summed E-state index contributed by atoms with van der Waals surface area (Å²) in [7, 11) is 1.36. The maximum Gasteiger partial charge on any atom is 0.337 e. The Morgan fingerprint density at radius 1 is 1.15 bits per heavy atom. The minimum absolute atomic E-state index is 0.217. The molecular formula is C19H18N2O4S. The number of benzene rings is 2. The fourth-order valence-electron chi connectivity index (χ4n) is 2.26. The van der Waals surface area contributed by atoms with Crippen molar-refractivity contribution in [3.63, 3.8) is 0 Å². The fraction of sp³-hybridized carbons (Fsp3) is 0.211. The van der Waals surface area contributed by atoms with Crippen molar-refractivity contribution in [3.05, 3.63) is 71.1 Å². The van der Waals surface area contributed by atoms with Crippen molar-refractivity contribution in [2.24, 2.45) is 0 Å². The van der Waals surface area contributed by atoms with Crippen molar-refractivity contribution in [1.29, 1.82) is 0 Å². The minimum atomic E-state index is -0.356. The maximum absolute atomic E-state index is 11.6. The molecule has 134 valence electrons. The van der Waals surface area contributed by atoms with Gasteiger partial charge in [0.25, 0.3) is 11.1 Å². The Bertz CT molecular complexity index is 895. The molecule has 6 nitrogen and oxygen atoms in total. The van der Waals surface area contributed by atoms with E-state index in [9.17, 15) is 4.79 Å². The SMILES string of the molecule is COC(=O)c1cccc(CSc2nnc(COc3cccc(C)c3)o2)c1. The minimum Gasteiger partial charge on any atom is -0.484 e. The molecule has 0 aliphatic rings. The summed E-state index contributed by atoms with van der Waals surface area (Å²) in [5.41, 5.74) is 2.61. The lowest BCUT2D eigenvalue weighted by molar-refractivity contribution is 0.0600. The summed E-state index contributed by atoms with van der Waals surface area (Å²) in [5, 5.41) is 8.45. The van der Waals surface area contributed by atoms with Gasteiger partial charge in [-0.15, -0.1) is 10.2 Å². The molecule has 0 N–H and O–H groups in total. The number of esters is 1. The largest absolute Gasteiger partial charge is 0.484 e. The van der Waals surface area contributed by atoms with E-state index < -0.39 is 0 Å². The van der Waals surface area contributed by atoms with E-state index in [0.29, 0.717) is 22.4 Å². The van der Waals surface area contributed by atoms with E-state index in [1.807, 2.05) is 43.3 Å². The Hall–Kier alpha value is -2.80. The fourth-order valence-corrected chi connectivity index (χ4v) is 2.98. The predicted octanol–water partition coefficient (Wildman–Crippen LogP) is 4.04. The second kappa shape index (κ2) is 8.53. The van der Waals surface area contributed by atoms with Crippen molar-refractivity contribution >= 4 is 17.7 Å². The number of aryl methyl sites for hydroxylation is 1. The molecule has 0 atom stereocenters. The number of thioether (sulfide) groups is 1. The third kappa shape index (κ3) is 4.86. The molecule has 0 bridgehead atoms. The van der Waals surface area contributed by atoms with E-state index >= 15 is 0 Å². The number of carbonyl (C=O) groups excluding carboxylic acids is 1. The standard InChI is InChI=1S/C19H18N2O4S/c1-13-5-3-8-16(9-13)24-11-17-20-21-19(25-17)26-12-14-6-4-7-15(10-14)18(22)23-2/h3-10H,11-12H2,1-2H3. The molecule has 0 unspecified atom stereocenters. The van der Waals surface area contributed by atoms with Crippen molar-refractivity contribution < 1.29 is 18.7 Å². The van der Waals surface area contributed by atoms with Gasteiger partial charge in [-0.25, -0.2) is 4.79 Å². The molecule has 26 heavy (non-hydrogen) atoms. The molecule has 0 spiro atoms. The number of aromatic nitrogens is 2. The predicted molar refractivity (Wildman–Crippen MR) is 97.2 cm³/mol. The molecule has 0 fully saturated rings. The van der Waals surface area contributed by atoms with Crippen molar-refractivity contribution in [3.8, 4) is 5.75 Å². The molecule has 0 radical (unpaired) electrons. The highest BCUT2D eigenvalue weighted by Crippen LogP contribution is 2.23. The Morgan fingerprint density at radius 3 is 2.81 bits per heavy atom. The second-order valence-corrected chi connectivity index (χ2v) is 6.47. The van der Waals surface area contributed by atoms with Crippen LogP contribution in [0.4, 0.5) is 0 Å². The van der Waals surface area contributed by atoms with Gasteiger partial charge in [-0.2, -0.15) is 0 Å². The van der Waals surface area contributed by atoms with Gasteiger partial charge in [-0.05, 0) is 42.3 Å². The van der Waals surface area contributed by atoms with Crippen LogP contribution in [0.5, 0.6) is 5.75 Å². The first-order valence-electron chi connectivity index (χ1n) is 7.96. The van der Waals surface area contributed by atoms with Crippen LogP contribution in [0.15, 0.2) is 58.2 Å². The van der Waals surface area contributed by atoms with E-state index in [1.54, 1.807) is 12.1 Å². The van der Waals surface area contributed by atoms with Crippen molar-refractivity contribution in [2.45, 2.75) is 24.5 Å². The van der Waals surface area contributed by atoms with Gasteiger partial charge in [0.15, 0.2) is 6.61 Å². The molecule has 0 saturated carbocycles. The van der Waals surface area contributed by atoms with Gasteiger partial charge < -0.3 is 13.9 Å². The van der Waals surface area contributed by atoms with Crippen molar-refractivity contribution in [1.82, 2.24) is 10.2 Å². The monoisotopic (exact) mass is 370 g/mol. The molecule has 7 heteroatoms. The van der Waals surface area contributed by atoms with Gasteiger partial charge in [0.1, 0.15) is 5.75 Å². The topological polar surface area (TPSA) is 74.5 Å². The highest BCUT2D eigenvalue weighted by Gasteiger charge is 2.10. The lowest BCUT2D eigenvalue weighted by atomic mass is 10.1. The first-order valence-corrected chi connectivity index (χ1v) is 8.94. The molecular weight excluding hydrogens is 352 g/mol. The van der Waals surface area contributed by atoms with Gasteiger partial charge in [0.05, 0.1) is 12.7 Å². The summed E-state index contributed by atoms with van der Waals surface area (Å²) in [5.74, 6) is 1.42. The molecule has 3 aromatic rings. The lowest BCUT2D eigenvalue weighted by Crippen LogP contribution is -2.01. The van der Waals surface area contributed by atoms with Crippen LogP contribution in [-0.2, 0) is 17.1 Å². The zero-order valence-corrected chi connectivity index (χ0v) is 15.3. The molecule has 0 aliphatic carbocycles. The second-order valence-electron chi connectivity index (χ2n) is 5.55. The number of ether oxygens (including phenoxy) is 2. The van der Waals surface area contributed by atoms with Crippen LogP contribution >= 0.6 is 11.8 Å². The molecule has 0 saturated heterocycles. The highest BCUT2D eigenvalue weighted by atomic mass is 32.2. The molecule has 0 amide bonds. The lowest BCUT2D eigenvalue weighted by Gasteiger charge is -2.03. The third-order valence-electron chi connectivity index (χ3n) is 3.51. The van der Waals surface area contributed by atoms with E-state index in [2.05, 4.69) is 10.2 Å². The quantitative estimate of drug-likeness (QED) is 0.459. The van der Waals surface area contributed by atoms with E-state index in [4.69, 9.17) is 13.9 Å². The van der Waals surface area contributed by atoms with Crippen LogP contribution in [0, 0.1) is 6.92 Å². The van der Waals surface area contributed by atoms with E-state index in [0.717, 1.165) is 16.9 Å². The molecule has 2 aromatic carbocycles. The average Bonchev–Trinajstić information content (AvgIpc) is 3.12. The van der Waals surface area contributed by atoms with Crippen LogP contribution in [-0.4, -0.2) is 23.3 Å². The third-order valence-corrected chi connectivity index (χ3v) is 4.40. The van der Waals surface area contributed by atoms with Crippen molar-refractivity contribution in [2.75, 3.05) is 7.11 Å². The summed E-state index contributed by atoms with van der Waals surface area (Å²) < 4.78 is 16.0. The van der Waals surface area contributed by atoms with Crippen LogP contribution in [0.25, 0.3) is 0 Å². The van der Waals surface area contributed by atoms with Crippen LogP contribution in [0.2, 0.25) is 0 Å². The summed E-state index contributed by atoms with van der Waals surface area (Å²) in [4.78, 5) is 11.6. The Balaban J connectivity index is 1.54. The molecule has 1 heterocycles. The van der Waals surface area contributed by atoms with Gasteiger partial charge >= 0.3 is 5.97 Å². The van der Waals surface area contributed by atoms with E-state index in [1.165, 1.54) is 18.9 Å². The zero-order chi connectivity index (χ0) is 18.4. The number of carbonyl (C=O) groups is 1. The van der Waals surface area contributed by atoms with Gasteiger partial charge in [0.2, 0.25) is 0 Å². The molecule has 3 rings (SSSR count). The number of hydrogen-bond acceptors (Lipinski definition) is 7. The number of rotatable bonds is 7. The molecule has 0 aliphatic heterocycles. The molecule has 1 aromatic heterocycles. The van der Waals surface area contributed by atoms with E-state index in [-0.39, 0.29) is 12.6 Å². The highest BCUT2D eigenvalue weighted by molar-refractivity contribution is 7.98. The average molecular weight is 370 g/mol. The number of methoxy groups -OCH3 is 1. The van der Waals surface area contributed by atoms with Gasteiger partial charge in [-0.1, -0.05) is 36.0 Å². The number of nitrogens with zero attached hydrogens (tertiary/aromatic N) is 2. The summed E-state index contributed by atoms with van der Waals surface area (Å²) in [6.45, 7) is 2.22. The van der Waals surface area contributed by atoms with Gasteiger partial charge in [-0.3, -0.25) is 0 Å². The maximum atomic E-state index is 11.6. The normalized spacial score (nSPS) is 10.5. The summed E-state index contributed by atoms with van der Waals surface area (Å²) >= 11 is 1.40. The Labute approximate surface area is 155 Å². The van der Waals surface area contributed by atoms with Crippen LogP contribution in [0.3, 0.4) is 0 Å². The first-order chi connectivity index (χ1) is 12.6. The van der Waals surface area contributed by atoms with Crippen LogP contribution in [0.1, 0.15) is 27.4 Å². The van der Waals surface area contributed by atoms with Crippen LogP contribution < -0.4 is 4.74 Å².